The normalized spacial score (nSPS) is 19.2. The summed E-state index contributed by atoms with van der Waals surface area (Å²) in [4.78, 5) is 22.3. The average molecular weight is 221 g/mol. The maximum atomic E-state index is 11.6. The Balaban J connectivity index is 1.80. The molecule has 1 heterocycles. The first-order valence-electron chi connectivity index (χ1n) is 4.75. The first-order valence-corrected chi connectivity index (χ1v) is 5.80. The molecule has 0 spiro atoms. The Morgan fingerprint density at radius 1 is 1.40 bits per heavy atom. The lowest BCUT2D eigenvalue weighted by Crippen LogP contribution is -2.46. The molecule has 1 unspecified atom stereocenters. The molecule has 1 fully saturated rings. The summed E-state index contributed by atoms with van der Waals surface area (Å²) in [5.41, 5.74) is 0.732. The molecule has 1 aliphatic heterocycles. The fraction of sp³-hybridized carbons (Fsp3) is 0.273. The molecule has 1 amide bonds. The molecule has 3 nitrogen and oxygen atoms in total. The van der Waals surface area contributed by atoms with Crippen molar-refractivity contribution in [3.63, 3.8) is 0 Å². The lowest BCUT2D eigenvalue weighted by molar-refractivity contribution is -0.126. The van der Waals surface area contributed by atoms with Gasteiger partial charge in [-0.3, -0.25) is 9.59 Å². The number of thioether (sulfide) groups is 1. The number of carbonyl (C=O) groups is 2. The maximum Gasteiger partial charge on any atom is 0.223 e. The van der Waals surface area contributed by atoms with Crippen LogP contribution >= 0.6 is 11.8 Å². The summed E-state index contributed by atoms with van der Waals surface area (Å²) in [7, 11) is 0. The molecular formula is C11H11NO2S. The average Bonchev–Trinajstić information content (AvgIpc) is 2.23. The second-order valence-electron chi connectivity index (χ2n) is 3.36. The van der Waals surface area contributed by atoms with Gasteiger partial charge in [-0.1, -0.05) is 30.3 Å². The molecule has 0 bridgehead atoms. The molecule has 0 saturated carbocycles. The molecule has 0 aliphatic carbocycles. The highest BCUT2D eigenvalue weighted by atomic mass is 32.2. The van der Waals surface area contributed by atoms with Gasteiger partial charge in [-0.05, 0) is 0 Å². The van der Waals surface area contributed by atoms with E-state index in [9.17, 15) is 9.59 Å². The topological polar surface area (TPSA) is 46.2 Å². The largest absolute Gasteiger partial charge is 0.344 e. The van der Waals surface area contributed by atoms with Crippen molar-refractivity contribution in [1.82, 2.24) is 5.32 Å². The van der Waals surface area contributed by atoms with E-state index in [0.717, 1.165) is 5.56 Å². The van der Waals surface area contributed by atoms with Gasteiger partial charge in [0.2, 0.25) is 5.91 Å². The highest BCUT2D eigenvalue weighted by Gasteiger charge is 2.25. The van der Waals surface area contributed by atoms with Gasteiger partial charge in [0.25, 0.3) is 0 Å². The van der Waals surface area contributed by atoms with Crippen LogP contribution < -0.4 is 5.32 Å². The summed E-state index contributed by atoms with van der Waals surface area (Å²) >= 11 is 1.49. The van der Waals surface area contributed by atoms with Gasteiger partial charge in [0.15, 0.2) is 5.78 Å². The van der Waals surface area contributed by atoms with Crippen molar-refractivity contribution < 1.29 is 9.59 Å². The fourth-order valence-electron chi connectivity index (χ4n) is 1.31. The summed E-state index contributed by atoms with van der Waals surface area (Å²) in [5.74, 6) is 0.607. The minimum Gasteiger partial charge on any atom is -0.344 e. The van der Waals surface area contributed by atoms with Crippen molar-refractivity contribution in [3.05, 3.63) is 35.9 Å². The summed E-state index contributed by atoms with van der Waals surface area (Å²) in [6.45, 7) is 0. The predicted octanol–water partition coefficient (Wildman–Crippen LogP) is 1.45. The second kappa shape index (κ2) is 4.49. The molecule has 0 aromatic heterocycles. The monoisotopic (exact) mass is 221 g/mol. The van der Waals surface area contributed by atoms with E-state index < -0.39 is 0 Å². The quantitative estimate of drug-likeness (QED) is 0.618. The van der Waals surface area contributed by atoms with Crippen LogP contribution in [0.5, 0.6) is 0 Å². The molecule has 4 heteroatoms. The Morgan fingerprint density at radius 2 is 2.07 bits per heavy atom. The van der Waals surface area contributed by atoms with Gasteiger partial charge in [-0.25, -0.2) is 0 Å². The molecule has 78 valence electrons. The molecule has 1 aromatic carbocycles. The molecule has 0 radical (unpaired) electrons. The Kier molecular flexibility index (Phi) is 3.06. The number of hydrogen-bond donors (Lipinski definition) is 1. The Hall–Kier alpha value is -1.29. The first kappa shape index (κ1) is 10.2. The van der Waals surface area contributed by atoms with Gasteiger partial charge in [0, 0.05) is 5.56 Å². The van der Waals surface area contributed by atoms with Crippen LogP contribution in [0.2, 0.25) is 0 Å². The molecule has 2 rings (SSSR count). The van der Waals surface area contributed by atoms with Crippen molar-refractivity contribution in [1.29, 1.82) is 0 Å². The van der Waals surface area contributed by atoms with E-state index in [-0.39, 0.29) is 17.1 Å². The predicted molar refractivity (Wildman–Crippen MR) is 59.8 cm³/mol. The number of hydrogen-bond acceptors (Lipinski definition) is 3. The summed E-state index contributed by atoms with van der Waals surface area (Å²) in [5, 5.41) is 2.85. The number of ketones is 1. The molecule has 1 aliphatic rings. The highest BCUT2D eigenvalue weighted by molar-refractivity contribution is 8.00. The van der Waals surface area contributed by atoms with Crippen molar-refractivity contribution in [2.24, 2.45) is 0 Å². The molecule has 1 aromatic rings. The zero-order valence-electron chi connectivity index (χ0n) is 8.10. The number of carbonyl (C=O) groups excluding carboxylic acids is 2. The molecule has 1 saturated heterocycles. The molecular weight excluding hydrogens is 210 g/mol. The van der Waals surface area contributed by atoms with Crippen molar-refractivity contribution in [2.75, 3.05) is 5.75 Å². The highest BCUT2D eigenvalue weighted by Crippen LogP contribution is 2.19. The van der Waals surface area contributed by atoms with Gasteiger partial charge >= 0.3 is 0 Å². The van der Waals surface area contributed by atoms with Gasteiger partial charge in [-0.15, -0.1) is 11.8 Å². The number of benzene rings is 1. The molecule has 15 heavy (non-hydrogen) atoms. The minimum atomic E-state index is 0.0691. The van der Waals surface area contributed by atoms with Crippen LogP contribution in [0, 0.1) is 0 Å². The van der Waals surface area contributed by atoms with E-state index in [1.54, 1.807) is 0 Å². The van der Waals surface area contributed by atoms with Crippen molar-refractivity contribution >= 4 is 23.5 Å². The summed E-state index contributed by atoms with van der Waals surface area (Å²) in [6.07, 6.45) is 0.534. The Labute approximate surface area is 92.2 Å². The third kappa shape index (κ3) is 2.59. The third-order valence-corrected chi connectivity index (χ3v) is 3.32. The summed E-state index contributed by atoms with van der Waals surface area (Å²) in [6, 6.07) is 9.20. The Bertz CT molecular complexity index is 369. The zero-order chi connectivity index (χ0) is 10.7. The van der Waals surface area contributed by atoms with Crippen LogP contribution in [-0.2, 0) is 4.79 Å². The number of Topliss-reactive ketones (excluding diaryl/α,β-unsaturated/α-hetero) is 1. The smallest absolute Gasteiger partial charge is 0.223 e. The van der Waals surface area contributed by atoms with E-state index in [1.165, 1.54) is 11.8 Å². The Morgan fingerprint density at radius 3 is 2.67 bits per heavy atom. The standard InChI is InChI=1S/C11H11NO2S/c13-9(8-4-2-1-3-5-8)7-15-11-6-10(14)12-11/h1-5,11H,6-7H2,(H,12,14). The van der Waals surface area contributed by atoms with Gasteiger partial charge in [0.1, 0.15) is 0 Å². The maximum absolute atomic E-state index is 11.6. The molecule has 1 atom stereocenters. The van der Waals surface area contributed by atoms with Crippen LogP contribution in [0.4, 0.5) is 0 Å². The van der Waals surface area contributed by atoms with E-state index >= 15 is 0 Å². The van der Waals surface area contributed by atoms with Crippen LogP contribution in [0.15, 0.2) is 30.3 Å². The number of nitrogens with one attached hydrogen (secondary N) is 1. The van der Waals surface area contributed by atoms with E-state index in [0.29, 0.717) is 12.2 Å². The molecule has 1 N–H and O–H groups in total. The second-order valence-corrected chi connectivity index (χ2v) is 4.55. The van der Waals surface area contributed by atoms with Crippen LogP contribution in [0.3, 0.4) is 0 Å². The number of rotatable bonds is 4. The lowest BCUT2D eigenvalue weighted by atomic mass is 10.2. The fourth-order valence-corrected chi connectivity index (χ4v) is 2.31. The first-order chi connectivity index (χ1) is 7.25. The summed E-state index contributed by atoms with van der Waals surface area (Å²) < 4.78 is 0. The zero-order valence-corrected chi connectivity index (χ0v) is 8.92. The minimum absolute atomic E-state index is 0.0691. The van der Waals surface area contributed by atoms with E-state index in [4.69, 9.17) is 0 Å². The van der Waals surface area contributed by atoms with Crippen LogP contribution in [-0.4, -0.2) is 22.8 Å². The van der Waals surface area contributed by atoms with Crippen molar-refractivity contribution in [3.8, 4) is 0 Å². The number of amides is 1. The van der Waals surface area contributed by atoms with Crippen LogP contribution in [0.25, 0.3) is 0 Å². The van der Waals surface area contributed by atoms with Crippen molar-refractivity contribution in [2.45, 2.75) is 11.8 Å². The lowest BCUT2D eigenvalue weighted by Gasteiger charge is -2.25. The van der Waals surface area contributed by atoms with Gasteiger partial charge in [-0.2, -0.15) is 0 Å². The van der Waals surface area contributed by atoms with Gasteiger partial charge < -0.3 is 5.32 Å². The van der Waals surface area contributed by atoms with E-state index in [1.807, 2.05) is 30.3 Å². The third-order valence-electron chi connectivity index (χ3n) is 2.20. The van der Waals surface area contributed by atoms with E-state index in [2.05, 4.69) is 5.32 Å². The van der Waals surface area contributed by atoms with Crippen LogP contribution in [0.1, 0.15) is 16.8 Å². The number of β-lactam (4-membered cyclic amide) rings is 1. The SMILES string of the molecule is O=C1CC(SCC(=O)c2ccccc2)N1. The van der Waals surface area contributed by atoms with Gasteiger partial charge in [0.05, 0.1) is 17.5 Å².